The standard InChI is InChI=1S/C17H19FN2O5S/c18-26(23,24)25-15-3-1-14(2-4-15)19-10-7-13(8-11-19)9-12-20-16(21)5-6-17(20)22/h1-6,13H,7-12H2. The quantitative estimate of drug-likeness (QED) is 0.551. The summed E-state index contributed by atoms with van der Waals surface area (Å²) in [7, 11) is -5.01. The maximum atomic E-state index is 12.5. The van der Waals surface area contributed by atoms with Crippen molar-refractivity contribution in [2.45, 2.75) is 19.3 Å². The van der Waals surface area contributed by atoms with Crippen LogP contribution in [0.4, 0.5) is 9.57 Å². The predicted molar refractivity (Wildman–Crippen MR) is 92.5 cm³/mol. The Hall–Kier alpha value is -2.42. The second-order valence-corrected chi connectivity index (χ2v) is 7.30. The first-order chi connectivity index (χ1) is 12.3. The minimum Gasteiger partial charge on any atom is -0.372 e. The second-order valence-electron chi connectivity index (χ2n) is 6.35. The highest BCUT2D eigenvalue weighted by atomic mass is 32.3. The Morgan fingerprint density at radius 1 is 1.04 bits per heavy atom. The Balaban J connectivity index is 1.47. The van der Waals surface area contributed by atoms with E-state index in [1.54, 1.807) is 12.1 Å². The average molecular weight is 382 g/mol. The first kappa shape index (κ1) is 18.4. The van der Waals surface area contributed by atoms with Crippen LogP contribution in [0.1, 0.15) is 19.3 Å². The van der Waals surface area contributed by atoms with Crippen molar-refractivity contribution < 1.29 is 26.1 Å². The number of hydrogen-bond donors (Lipinski definition) is 0. The van der Waals surface area contributed by atoms with Crippen LogP contribution in [-0.4, -0.2) is 44.8 Å². The second kappa shape index (κ2) is 7.45. The third kappa shape index (κ3) is 4.60. The number of anilines is 1. The van der Waals surface area contributed by atoms with Crippen LogP contribution in [0, 0.1) is 5.92 Å². The van der Waals surface area contributed by atoms with Gasteiger partial charge in [0, 0.05) is 37.5 Å². The van der Waals surface area contributed by atoms with Gasteiger partial charge in [-0.2, -0.15) is 8.42 Å². The number of nitrogens with zero attached hydrogens (tertiary/aromatic N) is 2. The van der Waals surface area contributed by atoms with Crippen LogP contribution in [0.15, 0.2) is 36.4 Å². The molecular weight excluding hydrogens is 363 g/mol. The summed E-state index contributed by atoms with van der Waals surface area (Å²) < 4.78 is 37.6. The van der Waals surface area contributed by atoms with E-state index in [4.69, 9.17) is 0 Å². The third-order valence-corrected chi connectivity index (χ3v) is 5.07. The fourth-order valence-electron chi connectivity index (χ4n) is 3.27. The summed E-state index contributed by atoms with van der Waals surface area (Å²) in [6.45, 7) is 2.07. The summed E-state index contributed by atoms with van der Waals surface area (Å²) >= 11 is 0. The molecule has 0 spiro atoms. The predicted octanol–water partition coefficient (Wildman–Crippen LogP) is 1.81. The van der Waals surface area contributed by atoms with Crippen molar-refractivity contribution >= 4 is 28.0 Å². The molecule has 0 aliphatic carbocycles. The van der Waals surface area contributed by atoms with E-state index in [1.165, 1.54) is 29.2 Å². The van der Waals surface area contributed by atoms with Gasteiger partial charge in [0.25, 0.3) is 11.8 Å². The molecule has 0 N–H and O–H groups in total. The lowest BCUT2D eigenvalue weighted by Gasteiger charge is -2.34. The van der Waals surface area contributed by atoms with Gasteiger partial charge in [-0.3, -0.25) is 14.5 Å². The van der Waals surface area contributed by atoms with E-state index in [9.17, 15) is 21.9 Å². The number of benzene rings is 1. The molecule has 1 saturated heterocycles. The Bertz CT molecular complexity index is 796. The maximum Gasteiger partial charge on any atom is 0.488 e. The first-order valence-electron chi connectivity index (χ1n) is 8.34. The smallest absolute Gasteiger partial charge is 0.372 e. The fourth-order valence-corrected chi connectivity index (χ4v) is 3.61. The Morgan fingerprint density at radius 2 is 1.62 bits per heavy atom. The number of hydrogen-bond acceptors (Lipinski definition) is 6. The number of piperidine rings is 1. The van der Waals surface area contributed by atoms with Crippen molar-refractivity contribution in [3.8, 4) is 5.75 Å². The molecule has 7 nitrogen and oxygen atoms in total. The van der Waals surface area contributed by atoms with E-state index < -0.39 is 10.5 Å². The molecule has 9 heteroatoms. The topological polar surface area (TPSA) is 84.0 Å². The van der Waals surface area contributed by atoms with Crippen molar-refractivity contribution in [1.29, 1.82) is 0 Å². The summed E-state index contributed by atoms with van der Waals surface area (Å²) in [5.74, 6) is -0.124. The summed E-state index contributed by atoms with van der Waals surface area (Å²) in [5.41, 5.74) is 0.904. The highest BCUT2D eigenvalue weighted by Crippen LogP contribution is 2.27. The van der Waals surface area contributed by atoms with Crippen molar-refractivity contribution in [3.05, 3.63) is 36.4 Å². The summed E-state index contributed by atoms with van der Waals surface area (Å²) in [6, 6.07) is 6.20. The molecule has 2 heterocycles. The van der Waals surface area contributed by atoms with Crippen LogP contribution >= 0.6 is 0 Å². The van der Waals surface area contributed by atoms with E-state index in [0.717, 1.165) is 38.0 Å². The highest BCUT2D eigenvalue weighted by Gasteiger charge is 2.25. The third-order valence-electron chi connectivity index (χ3n) is 4.67. The van der Waals surface area contributed by atoms with Crippen LogP contribution in [-0.2, 0) is 20.1 Å². The highest BCUT2D eigenvalue weighted by molar-refractivity contribution is 7.81. The Labute approximate surface area is 151 Å². The van der Waals surface area contributed by atoms with Gasteiger partial charge in [-0.1, -0.05) is 3.89 Å². The fraction of sp³-hybridized carbons (Fsp3) is 0.412. The molecule has 1 aromatic carbocycles. The van der Waals surface area contributed by atoms with E-state index in [1.807, 2.05) is 0 Å². The van der Waals surface area contributed by atoms with Crippen molar-refractivity contribution in [1.82, 2.24) is 4.90 Å². The van der Waals surface area contributed by atoms with Gasteiger partial charge in [0.1, 0.15) is 5.75 Å². The molecule has 0 bridgehead atoms. The molecule has 0 aromatic heterocycles. The van der Waals surface area contributed by atoms with Gasteiger partial charge in [-0.05, 0) is 49.4 Å². The molecule has 1 aromatic rings. The van der Waals surface area contributed by atoms with Crippen LogP contribution in [0.3, 0.4) is 0 Å². The number of carbonyl (C=O) groups is 2. The monoisotopic (exact) mass is 382 g/mol. The van der Waals surface area contributed by atoms with Gasteiger partial charge in [-0.25, -0.2) is 0 Å². The average Bonchev–Trinajstić information content (AvgIpc) is 2.91. The molecule has 1 fully saturated rings. The molecular formula is C17H19FN2O5S. The molecule has 26 heavy (non-hydrogen) atoms. The maximum absolute atomic E-state index is 12.5. The molecule has 0 unspecified atom stereocenters. The molecule has 0 radical (unpaired) electrons. The van der Waals surface area contributed by atoms with E-state index in [-0.39, 0.29) is 17.6 Å². The minimum absolute atomic E-state index is 0.0697. The number of rotatable bonds is 6. The van der Waals surface area contributed by atoms with E-state index in [0.29, 0.717) is 12.5 Å². The summed E-state index contributed by atoms with van der Waals surface area (Å²) in [5, 5.41) is 0. The van der Waals surface area contributed by atoms with E-state index in [2.05, 4.69) is 9.08 Å². The van der Waals surface area contributed by atoms with Gasteiger partial charge >= 0.3 is 10.5 Å². The lowest BCUT2D eigenvalue weighted by molar-refractivity contribution is -0.136. The number of amides is 2. The SMILES string of the molecule is O=C1C=CC(=O)N1CCC1CCN(c2ccc(OS(=O)(=O)F)cc2)CC1. The number of halogens is 1. The zero-order valence-electron chi connectivity index (χ0n) is 14.0. The first-order valence-corrected chi connectivity index (χ1v) is 9.65. The molecule has 0 saturated carbocycles. The molecule has 2 aliphatic heterocycles. The lowest BCUT2D eigenvalue weighted by Crippen LogP contribution is -2.36. The molecule has 2 aliphatic rings. The minimum atomic E-state index is -5.01. The van der Waals surface area contributed by atoms with Gasteiger partial charge < -0.3 is 9.08 Å². The Morgan fingerprint density at radius 3 is 2.15 bits per heavy atom. The zero-order valence-corrected chi connectivity index (χ0v) is 14.8. The van der Waals surface area contributed by atoms with Crippen molar-refractivity contribution in [3.63, 3.8) is 0 Å². The number of imide groups is 1. The van der Waals surface area contributed by atoms with Crippen LogP contribution < -0.4 is 9.08 Å². The van der Waals surface area contributed by atoms with Crippen LogP contribution in [0.5, 0.6) is 5.75 Å². The van der Waals surface area contributed by atoms with Gasteiger partial charge in [0.2, 0.25) is 0 Å². The number of carbonyl (C=O) groups excluding carboxylic acids is 2. The summed E-state index contributed by atoms with van der Waals surface area (Å²) in [6.07, 6.45) is 5.24. The van der Waals surface area contributed by atoms with Crippen LogP contribution in [0.25, 0.3) is 0 Å². The molecule has 2 amide bonds. The van der Waals surface area contributed by atoms with E-state index >= 15 is 0 Å². The van der Waals surface area contributed by atoms with Crippen molar-refractivity contribution in [2.24, 2.45) is 5.92 Å². The molecule has 140 valence electrons. The van der Waals surface area contributed by atoms with Gasteiger partial charge in [-0.15, -0.1) is 0 Å². The zero-order chi connectivity index (χ0) is 18.7. The molecule has 3 rings (SSSR count). The molecule has 0 atom stereocenters. The summed E-state index contributed by atoms with van der Waals surface area (Å²) in [4.78, 5) is 26.5. The largest absolute Gasteiger partial charge is 0.488 e. The Kier molecular flexibility index (Phi) is 5.26. The normalized spacial score (nSPS) is 18.7. The lowest BCUT2D eigenvalue weighted by atomic mass is 9.93. The van der Waals surface area contributed by atoms with Crippen molar-refractivity contribution in [2.75, 3.05) is 24.5 Å². The van der Waals surface area contributed by atoms with Gasteiger partial charge in [0.15, 0.2) is 0 Å². The van der Waals surface area contributed by atoms with Crippen LogP contribution in [0.2, 0.25) is 0 Å². The van der Waals surface area contributed by atoms with Gasteiger partial charge in [0.05, 0.1) is 0 Å².